The first kappa shape index (κ1) is 16.0. The Hall–Kier alpha value is -1.34. The molecule has 0 aliphatic rings. The summed E-state index contributed by atoms with van der Waals surface area (Å²) in [6, 6.07) is 2.18. The van der Waals surface area contributed by atoms with E-state index in [2.05, 4.69) is 37.0 Å². The average Bonchev–Trinajstić information content (AvgIpc) is 2.93. The molecule has 0 aromatic carbocycles. The number of hydrogen-bond donors (Lipinski definition) is 1. The summed E-state index contributed by atoms with van der Waals surface area (Å²) < 4.78 is 2.04. The number of carboxylic acids is 1. The highest BCUT2D eigenvalue weighted by Gasteiger charge is 2.15. The Bertz CT molecular complexity index is 615. The van der Waals surface area contributed by atoms with Crippen molar-refractivity contribution in [3.8, 4) is 0 Å². The van der Waals surface area contributed by atoms with Crippen LogP contribution in [0.3, 0.4) is 0 Å². The van der Waals surface area contributed by atoms with Crippen LogP contribution >= 0.6 is 23.1 Å². The number of thiophene rings is 1. The first-order valence-corrected chi connectivity index (χ1v) is 8.64. The molecule has 2 rings (SSSR count). The van der Waals surface area contributed by atoms with Gasteiger partial charge in [-0.05, 0) is 31.9 Å². The lowest BCUT2D eigenvalue weighted by Crippen LogP contribution is -2.07. The standard InChI is InChI=1S/C14H19N3O2S2/c1-4-5-12-15-16-14(20-8-13(18)19)17(12)7-11-6-9(2)10(3)21-11/h6H,4-5,7-8H2,1-3H3,(H,18,19). The molecule has 0 fully saturated rings. The van der Waals surface area contributed by atoms with Crippen molar-refractivity contribution < 1.29 is 9.90 Å². The fraction of sp³-hybridized carbons (Fsp3) is 0.500. The molecule has 7 heteroatoms. The summed E-state index contributed by atoms with van der Waals surface area (Å²) in [4.78, 5) is 13.3. The third-order valence-corrected chi connectivity index (χ3v) is 5.21. The van der Waals surface area contributed by atoms with Crippen LogP contribution in [0.25, 0.3) is 0 Å². The fourth-order valence-electron chi connectivity index (χ4n) is 2.00. The molecular weight excluding hydrogens is 306 g/mol. The highest BCUT2D eigenvalue weighted by Crippen LogP contribution is 2.25. The lowest BCUT2D eigenvalue weighted by Gasteiger charge is -2.07. The zero-order valence-electron chi connectivity index (χ0n) is 12.4. The number of aliphatic carboxylic acids is 1. The molecule has 0 radical (unpaired) electrons. The van der Waals surface area contributed by atoms with Gasteiger partial charge < -0.3 is 9.67 Å². The zero-order chi connectivity index (χ0) is 15.4. The number of carbonyl (C=O) groups is 1. The van der Waals surface area contributed by atoms with Gasteiger partial charge in [-0.2, -0.15) is 0 Å². The monoisotopic (exact) mass is 325 g/mol. The van der Waals surface area contributed by atoms with Gasteiger partial charge in [0.2, 0.25) is 0 Å². The Labute approximate surface area is 132 Å². The summed E-state index contributed by atoms with van der Waals surface area (Å²) in [5, 5.41) is 17.9. The van der Waals surface area contributed by atoms with Crippen molar-refractivity contribution in [2.45, 2.75) is 45.3 Å². The van der Waals surface area contributed by atoms with Crippen LogP contribution in [0.5, 0.6) is 0 Å². The summed E-state index contributed by atoms with van der Waals surface area (Å²) in [5.41, 5.74) is 1.29. The van der Waals surface area contributed by atoms with Gasteiger partial charge in [0.05, 0.1) is 12.3 Å². The van der Waals surface area contributed by atoms with Gasteiger partial charge in [0.25, 0.3) is 0 Å². The van der Waals surface area contributed by atoms with E-state index in [0.717, 1.165) is 18.7 Å². The number of aromatic nitrogens is 3. The van der Waals surface area contributed by atoms with Crippen molar-refractivity contribution in [2.75, 3.05) is 5.75 Å². The summed E-state index contributed by atoms with van der Waals surface area (Å²) in [6.45, 7) is 7.03. The number of nitrogens with zero attached hydrogens (tertiary/aromatic N) is 3. The summed E-state index contributed by atoms with van der Waals surface area (Å²) in [6.07, 6.45) is 1.84. The maximum Gasteiger partial charge on any atom is 0.313 e. The molecule has 0 saturated carbocycles. The molecule has 0 atom stereocenters. The minimum absolute atomic E-state index is 0.00670. The average molecular weight is 325 g/mol. The molecule has 0 unspecified atom stereocenters. The third-order valence-electron chi connectivity index (χ3n) is 3.12. The maximum absolute atomic E-state index is 10.7. The van der Waals surface area contributed by atoms with E-state index in [-0.39, 0.29) is 5.75 Å². The van der Waals surface area contributed by atoms with E-state index in [4.69, 9.17) is 5.11 Å². The van der Waals surface area contributed by atoms with Gasteiger partial charge in [0.1, 0.15) is 5.82 Å². The topological polar surface area (TPSA) is 68.0 Å². The first-order valence-electron chi connectivity index (χ1n) is 6.83. The normalized spacial score (nSPS) is 11.0. The van der Waals surface area contributed by atoms with Crippen LogP contribution < -0.4 is 0 Å². The Morgan fingerprint density at radius 3 is 2.76 bits per heavy atom. The van der Waals surface area contributed by atoms with Crippen molar-refractivity contribution in [1.29, 1.82) is 0 Å². The van der Waals surface area contributed by atoms with Crippen LogP contribution in [-0.2, 0) is 17.8 Å². The second-order valence-corrected chi connectivity index (χ2v) is 7.15. The van der Waals surface area contributed by atoms with Crippen molar-refractivity contribution in [3.63, 3.8) is 0 Å². The van der Waals surface area contributed by atoms with E-state index >= 15 is 0 Å². The molecule has 21 heavy (non-hydrogen) atoms. The number of rotatable bonds is 7. The molecule has 0 spiro atoms. The van der Waals surface area contributed by atoms with Crippen LogP contribution in [-0.4, -0.2) is 31.6 Å². The Kier molecular flexibility index (Phi) is 5.41. The second-order valence-electron chi connectivity index (χ2n) is 4.87. The molecule has 5 nitrogen and oxygen atoms in total. The number of carboxylic acid groups (broad SMARTS) is 1. The van der Waals surface area contributed by atoms with Gasteiger partial charge in [0.15, 0.2) is 5.16 Å². The first-order chi connectivity index (χ1) is 10.0. The molecule has 2 aromatic rings. The molecule has 0 saturated heterocycles. The predicted molar refractivity (Wildman–Crippen MR) is 85.3 cm³/mol. The van der Waals surface area contributed by atoms with Crippen LogP contribution in [0.15, 0.2) is 11.2 Å². The van der Waals surface area contributed by atoms with E-state index in [1.165, 1.54) is 27.1 Å². The van der Waals surface area contributed by atoms with Crippen molar-refractivity contribution >= 4 is 29.1 Å². The minimum Gasteiger partial charge on any atom is -0.481 e. The van der Waals surface area contributed by atoms with Crippen LogP contribution in [0.4, 0.5) is 0 Å². The van der Waals surface area contributed by atoms with Gasteiger partial charge in [-0.25, -0.2) is 0 Å². The van der Waals surface area contributed by atoms with Crippen LogP contribution in [0.2, 0.25) is 0 Å². The summed E-state index contributed by atoms with van der Waals surface area (Å²) >= 11 is 3.00. The quantitative estimate of drug-likeness (QED) is 0.792. The molecule has 0 amide bonds. The highest BCUT2D eigenvalue weighted by atomic mass is 32.2. The molecule has 114 valence electrons. The lowest BCUT2D eigenvalue weighted by molar-refractivity contribution is -0.133. The number of aryl methyl sites for hydroxylation is 3. The van der Waals surface area contributed by atoms with Crippen LogP contribution in [0, 0.1) is 13.8 Å². The van der Waals surface area contributed by atoms with Gasteiger partial charge in [-0.3, -0.25) is 4.79 Å². The Balaban J connectivity index is 2.24. The molecular formula is C14H19N3O2S2. The fourth-order valence-corrected chi connectivity index (χ4v) is 3.72. The van der Waals surface area contributed by atoms with Crippen molar-refractivity contribution in [1.82, 2.24) is 14.8 Å². The summed E-state index contributed by atoms with van der Waals surface area (Å²) in [7, 11) is 0. The molecule has 2 aromatic heterocycles. The predicted octanol–water partition coefficient (Wildman–Crippen LogP) is 3.13. The molecule has 1 N–H and O–H groups in total. The Morgan fingerprint density at radius 2 is 2.19 bits per heavy atom. The minimum atomic E-state index is -0.839. The van der Waals surface area contributed by atoms with Gasteiger partial charge >= 0.3 is 5.97 Å². The smallest absolute Gasteiger partial charge is 0.313 e. The molecule has 0 aliphatic heterocycles. The maximum atomic E-state index is 10.7. The number of thioether (sulfide) groups is 1. The van der Waals surface area contributed by atoms with Crippen molar-refractivity contribution in [2.24, 2.45) is 0 Å². The molecule has 0 bridgehead atoms. The zero-order valence-corrected chi connectivity index (χ0v) is 14.1. The largest absolute Gasteiger partial charge is 0.481 e. The second kappa shape index (κ2) is 7.09. The van der Waals surface area contributed by atoms with E-state index in [0.29, 0.717) is 11.7 Å². The molecule has 2 heterocycles. The van der Waals surface area contributed by atoms with E-state index in [1.54, 1.807) is 11.3 Å². The SMILES string of the molecule is CCCc1nnc(SCC(=O)O)n1Cc1cc(C)c(C)s1. The van der Waals surface area contributed by atoms with Gasteiger partial charge in [-0.1, -0.05) is 18.7 Å². The van der Waals surface area contributed by atoms with E-state index in [1.807, 2.05) is 4.57 Å². The third kappa shape index (κ3) is 4.07. The van der Waals surface area contributed by atoms with E-state index < -0.39 is 5.97 Å². The van der Waals surface area contributed by atoms with Gasteiger partial charge in [-0.15, -0.1) is 21.5 Å². The summed E-state index contributed by atoms with van der Waals surface area (Å²) in [5.74, 6) is 0.0933. The Morgan fingerprint density at radius 1 is 1.43 bits per heavy atom. The molecule has 0 aliphatic carbocycles. The number of hydrogen-bond acceptors (Lipinski definition) is 5. The van der Waals surface area contributed by atoms with E-state index in [9.17, 15) is 4.79 Å². The van der Waals surface area contributed by atoms with Gasteiger partial charge in [0, 0.05) is 16.2 Å². The van der Waals surface area contributed by atoms with Crippen molar-refractivity contribution in [3.05, 3.63) is 27.2 Å². The van der Waals surface area contributed by atoms with Crippen LogP contribution in [0.1, 0.15) is 34.5 Å². The highest BCUT2D eigenvalue weighted by molar-refractivity contribution is 7.99. The lowest BCUT2D eigenvalue weighted by atomic mass is 10.3.